The number of ether oxygens (including phenoxy) is 3. The zero-order valence-electron chi connectivity index (χ0n) is 19.6. The molecule has 2 aliphatic carbocycles. The summed E-state index contributed by atoms with van der Waals surface area (Å²) in [6.45, 7) is 5.99. The van der Waals surface area contributed by atoms with Crippen molar-refractivity contribution in [1.82, 2.24) is 0 Å². The molecule has 0 aromatic heterocycles. The first-order valence-corrected chi connectivity index (χ1v) is 11.3. The van der Waals surface area contributed by atoms with Crippen molar-refractivity contribution < 1.29 is 28.6 Å². The van der Waals surface area contributed by atoms with E-state index in [1.165, 1.54) is 14.2 Å². The van der Waals surface area contributed by atoms with Gasteiger partial charge in [0.15, 0.2) is 0 Å². The van der Waals surface area contributed by atoms with Gasteiger partial charge in [-0.2, -0.15) is 0 Å². The predicted molar refractivity (Wildman–Crippen MR) is 120 cm³/mol. The Morgan fingerprint density at radius 3 is 1.97 bits per heavy atom. The highest BCUT2D eigenvalue weighted by atomic mass is 16.5. The van der Waals surface area contributed by atoms with Gasteiger partial charge < -0.3 is 14.2 Å². The average molecular weight is 441 g/mol. The Morgan fingerprint density at radius 1 is 0.812 bits per heavy atom. The Balaban J connectivity index is 2.12. The van der Waals surface area contributed by atoms with Gasteiger partial charge in [-0.3, -0.25) is 14.4 Å². The van der Waals surface area contributed by atoms with E-state index < -0.39 is 22.8 Å². The Hall–Kier alpha value is -2.89. The van der Waals surface area contributed by atoms with Crippen LogP contribution in [-0.4, -0.2) is 38.7 Å². The third kappa shape index (κ3) is 3.55. The van der Waals surface area contributed by atoms with Crippen LogP contribution in [0.3, 0.4) is 0 Å². The van der Waals surface area contributed by atoms with Crippen molar-refractivity contribution in [1.29, 1.82) is 0 Å². The minimum absolute atomic E-state index is 0.258. The molecule has 1 atom stereocenters. The number of benzene rings is 1. The largest absolute Gasteiger partial charge is 0.468 e. The first-order valence-electron chi connectivity index (χ1n) is 11.3. The number of rotatable bonds is 11. The molecule has 0 heterocycles. The highest BCUT2D eigenvalue weighted by Crippen LogP contribution is 2.73. The molecule has 0 aliphatic heterocycles. The molecule has 0 saturated heterocycles. The summed E-state index contributed by atoms with van der Waals surface area (Å²) in [5, 5.41) is 0. The molecular weight excluding hydrogens is 408 g/mol. The van der Waals surface area contributed by atoms with Crippen molar-refractivity contribution in [2.45, 2.75) is 52.9 Å². The molecule has 1 aromatic rings. The molecule has 0 N–H and O–H groups in total. The van der Waals surface area contributed by atoms with Crippen LogP contribution in [0.2, 0.25) is 0 Å². The van der Waals surface area contributed by atoms with Crippen LogP contribution >= 0.6 is 0 Å². The monoisotopic (exact) mass is 440 g/mol. The quantitative estimate of drug-likeness (QED) is 0.216. The van der Waals surface area contributed by atoms with Crippen molar-refractivity contribution in [3.63, 3.8) is 0 Å². The zero-order chi connectivity index (χ0) is 23.5. The maximum atomic E-state index is 13.0. The van der Waals surface area contributed by atoms with Crippen molar-refractivity contribution in [2.24, 2.45) is 10.8 Å². The van der Waals surface area contributed by atoms with Gasteiger partial charge in [0, 0.05) is 0 Å². The van der Waals surface area contributed by atoms with Crippen molar-refractivity contribution in [3.05, 3.63) is 52.6 Å². The summed E-state index contributed by atoms with van der Waals surface area (Å²) < 4.78 is 15.5. The lowest BCUT2D eigenvalue weighted by molar-refractivity contribution is -0.159. The van der Waals surface area contributed by atoms with E-state index in [4.69, 9.17) is 14.2 Å². The Bertz CT molecular complexity index is 955. The SMILES string of the molecule is CCCCCCC1=C(C2=C(c3ccccc3)C2(C(=O)OC)C(=O)OC)C1(C)C(=O)OCC. The van der Waals surface area contributed by atoms with Gasteiger partial charge in [-0.25, -0.2) is 0 Å². The van der Waals surface area contributed by atoms with Gasteiger partial charge in [-0.05, 0) is 54.5 Å². The smallest absolute Gasteiger partial charge is 0.332 e. The minimum Gasteiger partial charge on any atom is -0.468 e. The molecule has 32 heavy (non-hydrogen) atoms. The summed E-state index contributed by atoms with van der Waals surface area (Å²) in [5.74, 6) is -1.75. The molecule has 3 rings (SSSR count). The van der Waals surface area contributed by atoms with Crippen LogP contribution in [0.1, 0.15) is 58.4 Å². The van der Waals surface area contributed by atoms with E-state index in [0.29, 0.717) is 17.6 Å². The number of methoxy groups -OCH3 is 2. The fourth-order valence-corrected chi connectivity index (χ4v) is 4.80. The fourth-order valence-electron chi connectivity index (χ4n) is 4.80. The zero-order valence-corrected chi connectivity index (χ0v) is 19.6. The number of hydrogen-bond donors (Lipinski definition) is 0. The lowest BCUT2D eigenvalue weighted by Gasteiger charge is -2.16. The molecule has 6 heteroatoms. The van der Waals surface area contributed by atoms with E-state index in [1.807, 2.05) is 37.3 Å². The lowest BCUT2D eigenvalue weighted by atomic mass is 9.91. The van der Waals surface area contributed by atoms with Crippen LogP contribution in [0, 0.1) is 10.8 Å². The molecule has 0 radical (unpaired) electrons. The van der Waals surface area contributed by atoms with Gasteiger partial charge in [0.2, 0.25) is 5.41 Å². The predicted octanol–water partition coefficient (Wildman–Crippen LogP) is 4.64. The van der Waals surface area contributed by atoms with E-state index in [-0.39, 0.29) is 12.6 Å². The van der Waals surface area contributed by atoms with Gasteiger partial charge in [-0.15, -0.1) is 0 Å². The normalized spacial score (nSPS) is 20.7. The molecular formula is C26H32O6. The topological polar surface area (TPSA) is 78.9 Å². The Labute approximate surface area is 189 Å². The van der Waals surface area contributed by atoms with E-state index in [1.54, 1.807) is 6.92 Å². The Kier molecular flexibility index (Phi) is 6.91. The van der Waals surface area contributed by atoms with Crippen molar-refractivity contribution in [3.8, 4) is 0 Å². The summed E-state index contributed by atoms with van der Waals surface area (Å²) in [5.41, 5.74) is 0.872. The maximum absolute atomic E-state index is 13.0. The standard InChI is InChI=1S/C26H32O6/c1-6-8-9-13-16-18-20(25(18,3)22(27)32-7-2)21-19(17-14-11-10-12-15-17)26(21,23(28)30-4)24(29)31-5/h10-12,14-15H,6-9,13,16H2,1-5H3. The van der Waals surface area contributed by atoms with Crippen LogP contribution < -0.4 is 0 Å². The highest BCUT2D eigenvalue weighted by Gasteiger charge is 2.74. The molecule has 172 valence electrons. The Morgan fingerprint density at radius 2 is 1.44 bits per heavy atom. The molecule has 0 bridgehead atoms. The highest BCUT2D eigenvalue weighted by molar-refractivity contribution is 6.28. The van der Waals surface area contributed by atoms with Gasteiger partial charge >= 0.3 is 17.9 Å². The van der Waals surface area contributed by atoms with Crippen molar-refractivity contribution >= 4 is 23.5 Å². The fraction of sp³-hybridized carbons (Fsp3) is 0.500. The second-order valence-electron chi connectivity index (χ2n) is 8.36. The summed E-state index contributed by atoms with van der Waals surface area (Å²) in [6, 6.07) is 9.23. The third-order valence-corrected chi connectivity index (χ3v) is 6.54. The van der Waals surface area contributed by atoms with E-state index in [9.17, 15) is 14.4 Å². The summed E-state index contributed by atoms with van der Waals surface area (Å²) in [4.78, 5) is 39.0. The van der Waals surface area contributed by atoms with Gasteiger partial charge in [-0.1, -0.05) is 56.5 Å². The molecule has 0 saturated carbocycles. The number of hydrogen-bond acceptors (Lipinski definition) is 6. The number of esters is 3. The van der Waals surface area contributed by atoms with Crippen LogP contribution in [0.4, 0.5) is 0 Å². The second-order valence-corrected chi connectivity index (χ2v) is 8.36. The van der Waals surface area contributed by atoms with Crippen LogP contribution in [0.25, 0.3) is 5.57 Å². The van der Waals surface area contributed by atoms with Gasteiger partial charge in [0.05, 0.1) is 20.8 Å². The number of carbonyl (C=O) groups excluding carboxylic acids is 3. The molecule has 6 nitrogen and oxygen atoms in total. The summed E-state index contributed by atoms with van der Waals surface area (Å²) >= 11 is 0. The maximum Gasteiger partial charge on any atom is 0.332 e. The summed E-state index contributed by atoms with van der Waals surface area (Å²) in [6.07, 6.45) is 4.92. The van der Waals surface area contributed by atoms with E-state index in [0.717, 1.165) is 42.4 Å². The molecule has 0 amide bonds. The van der Waals surface area contributed by atoms with Crippen LogP contribution in [-0.2, 0) is 28.6 Å². The molecule has 2 aliphatic rings. The minimum atomic E-state index is -1.65. The molecule has 1 unspecified atom stereocenters. The number of carbonyl (C=O) groups is 3. The van der Waals surface area contributed by atoms with Gasteiger partial charge in [0.25, 0.3) is 0 Å². The second kappa shape index (κ2) is 9.31. The van der Waals surface area contributed by atoms with Crippen LogP contribution in [0.5, 0.6) is 0 Å². The first-order chi connectivity index (χ1) is 15.4. The molecule has 1 aromatic carbocycles. The average Bonchev–Trinajstić information content (AvgIpc) is 3.67. The van der Waals surface area contributed by atoms with Gasteiger partial charge in [0.1, 0.15) is 5.41 Å². The molecule has 0 fully saturated rings. The van der Waals surface area contributed by atoms with E-state index in [2.05, 4.69) is 6.92 Å². The van der Waals surface area contributed by atoms with Crippen LogP contribution in [0.15, 0.2) is 47.1 Å². The van der Waals surface area contributed by atoms with E-state index >= 15 is 0 Å². The third-order valence-electron chi connectivity index (χ3n) is 6.54. The number of unbranched alkanes of at least 4 members (excludes halogenated alkanes) is 3. The first kappa shape index (κ1) is 23.8. The summed E-state index contributed by atoms with van der Waals surface area (Å²) in [7, 11) is 2.51. The van der Waals surface area contributed by atoms with Crippen molar-refractivity contribution in [2.75, 3.05) is 20.8 Å². The lowest BCUT2D eigenvalue weighted by Crippen LogP contribution is -2.33. The molecule has 0 spiro atoms.